The van der Waals surface area contributed by atoms with Gasteiger partial charge in [0.1, 0.15) is 6.61 Å². The monoisotopic (exact) mass is 273 g/mol. The summed E-state index contributed by atoms with van der Waals surface area (Å²) in [5.41, 5.74) is 5.36. The second-order valence-corrected chi connectivity index (χ2v) is 3.78. The lowest BCUT2D eigenvalue weighted by atomic mass is 10.2. The van der Waals surface area contributed by atoms with Gasteiger partial charge in [0.15, 0.2) is 0 Å². The van der Waals surface area contributed by atoms with E-state index in [1.807, 2.05) is 0 Å². The summed E-state index contributed by atoms with van der Waals surface area (Å²) in [5.74, 6) is 0. The van der Waals surface area contributed by atoms with Gasteiger partial charge < -0.3 is 15.8 Å². The molecule has 1 amide bonds. The molecule has 0 unspecified atom stereocenters. The maximum absolute atomic E-state index is 10.6. The first-order chi connectivity index (χ1) is 8.50. The van der Waals surface area contributed by atoms with Crippen LogP contribution in [0.5, 0.6) is 0 Å². The molecule has 98 valence electrons. The number of carbonyl (C=O) groups is 1. The molecule has 8 heteroatoms. The third-order valence-corrected chi connectivity index (χ3v) is 2.45. The van der Waals surface area contributed by atoms with Crippen molar-refractivity contribution in [3.63, 3.8) is 0 Å². The highest BCUT2D eigenvalue weighted by molar-refractivity contribution is 6.31. The van der Waals surface area contributed by atoms with Gasteiger partial charge in [-0.3, -0.25) is 10.1 Å². The summed E-state index contributed by atoms with van der Waals surface area (Å²) >= 11 is 5.90. The highest BCUT2D eigenvalue weighted by Gasteiger charge is 2.09. The van der Waals surface area contributed by atoms with Gasteiger partial charge in [0.05, 0.1) is 4.92 Å². The number of benzene rings is 1. The average Bonchev–Trinajstić information content (AvgIpc) is 2.30. The van der Waals surface area contributed by atoms with Gasteiger partial charge in [0.25, 0.3) is 5.69 Å². The SMILES string of the molecule is NC(=O)OCCNCc1cc([N+](=O)[O-])ccc1Cl. The van der Waals surface area contributed by atoms with Crippen LogP contribution in [-0.4, -0.2) is 24.2 Å². The van der Waals surface area contributed by atoms with Gasteiger partial charge in [-0.1, -0.05) is 11.6 Å². The average molecular weight is 274 g/mol. The number of nitro benzene ring substituents is 1. The number of nitrogens with one attached hydrogen (secondary N) is 1. The summed E-state index contributed by atoms with van der Waals surface area (Å²) in [6.45, 7) is 0.840. The normalized spacial score (nSPS) is 10.1. The van der Waals surface area contributed by atoms with Crippen molar-refractivity contribution in [3.05, 3.63) is 38.9 Å². The van der Waals surface area contributed by atoms with Crippen LogP contribution in [0.2, 0.25) is 5.02 Å². The zero-order valence-electron chi connectivity index (χ0n) is 9.39. The van der Waals surface area contributed by atoms with E-state index in [1.54, 1.807) is 0 Å². The Morgan fingerprint density at radius 3 is 2.89 bits per heavy atom. The second kappa shape index (κ2) is 6.77. The number of hydrogen-bond acceptors (Lipinski definition) is 5. The molecule has 0 aliphatic carbocycles. The fraction of sp³-hybridized carbons (Fsp3) is 0.300. The van der Waals surface area contributed by atoms with Crippen molar-refractivity contribution in [3.8, 4) is 0 Å². The minimum Gasteiger partial charge on any atom is -0.448 e. The molecule has 0 bridgehead atoms. The minimum atomic E-state index is -0.842. The number of primary amides is 1. The quantitative estimate of drug-likeness (QED) is 0.463. The van der Waals surface area contributed by atoms with E-state index in [-0.39, 0.29) is 12.3 Å². The molecule has 0 atom stereocenters. The van der Waals surface area contributed by atoms with Crippen molar-refractivity contribution in [2.24, 2.45) is 5.73 Å². The second-order valence-electron chi connectivity index (χ2n) is 3.38. The number of nitro groups is 1. The lowest BCUT2D eigenvalue weighted by Crippen LogP contribution is -2.23. The molecule has 0 radical (unpaired) electrons. The summed E-state index contributed by atoms with van der Waals surface area (Å²) in [7, 11) is 0. The number of nitrogens with two attached hydrogens (primary N) is 1. The summed E-state index contributed by atoms with van der Waals surface area (Å²) in [4.78, 5) is 20.4. The van der Waals surface area contributed by atoms with Crippen LogP contribution >= 0.6 is 11.6 Å². The first kappa shape index (κ1) is 14.2. The third-order valence-electron chi connectivity index (χ3n) is 2.08. The maximum atomic E-state index is 10.6. The molecule has 1 aromatic carbocycles. The molecule has 1 aromatic rings. The zero-order chi connectivity index (χ0) is 13.5. The van der Waals surface area contributed by atoms with Crippen molar-refractivity contribution in [2.75, 3.05) is 13.2 Å². The molecule has 18 heavy (non-hydrogen) atoms. The Kier molecular flexibility index (Phi) is 5.34. The summed E-state index contributed by atoms with van der Waals surface area (Å²) in [5, 5.41) is 13.9. The van der Waals surface area contributed by atoms with Crippen LogP contribution in [0.25, 0.3) is 0 Å². The predicted octanol–water partition coefficient (Wildman–Crippen LogP) is 1.43. The zero-order valence-corrected chi connectivity index (χ0v) is 10.1. The Morgan fingerprint density at radius 2 is 2.28 bits per heavy atom. The standard InChI is InChI=1S/C10H12ClN3O4/c11-9-2-1-8(14(16)17)5-7(9)6-13-3-4-18-10(12)15/h1-2,5,13H,3-4,6H2,(H2,12,15). The van der Waals surface area contributed by atoms with Gasteiger partial charge in [-0.2, -0.15) is 0 Å². The molecule has 0 heterocycles. The Labute approximate surface area is 108 Å². The predicted molar refractivity (Wildman–Crippen MR) is 65.3 cm³/mol. The number of halogens is 1. The molecular formula is C10H12ClN3O4. The lowest BCUT2D eigenvalue weighted by molar-refractivity contribution is -0.384. The van der Waals surface area contributed by atoms with E-state index < -0.39 is 11.0 Å². The lowest BCUT2D eigenvalue weighted by Gasteiger charge is -2.06. The summed E-state index contributed by atoms with van der Waals surface area (Å²) in [6.07, 6.45) is -0.842. The van der Waals surface area contributed by atoms with E-state index in [0.29, 0.717) is 23.7 Å². The molecule has 0 saturated heterocycles. The maximum Gasteiger partial charge on any atom is 0.404 e. The molecule has 0 aliphatic rings. The number of ether oxygens (including phenoxy) is 1. The minimum absolute atomic E-state index is 0.0235. The number of rotatable bonds is 6. The Hall–Kier alpha value is -1.86. The largest absolute Gasteiger partial charge is 0.448 e. The van der Waals surface area contributed by atoms with Crippen LogP contribution in [0, 0.1) is 10.1 Å². The number of carbonyl (C=O) groups excluding carboxylic acids is 1. The van der Waals surface area contributed by atoms with Crippen LogP contribution in [0.4, 0.5) is 10.5 Å². The van der Waals surface area contributed by atoms with Gasteiger partial charge in [-0.15, -0.1) is 0 Å². The number of non-ortho nitro benzene ring substituents is 1. The van der Waals surface area contributed by atoms with E-state index in [9.17, 15) is 14.9 Å². The van der Waals surface area contributed by atoms with Gasteiger partial charge in [0.2, 0.25) is 0 Å². The number of hydrogen-bond donors (Lipinski definition) is 2. The van der Waals surface area contributed by atoms with Crippen molar-refractivity contribution in [1.82, 2.24) is 5.32 Å². The van der Waals surface area contributed by atoms with Gasteiger partial charge in [-0.25, -0.2) is 4.79 Å². The molecule has 7 nitrogen and oxygen atoms in total. The van der Waals surface area contributed by atoms with Crippen LogP contribution in [-0.2, 0) is 11.3 Å². The van der Waals surface area contributed by atoms with Gasteiger partial charge in [0, 0.05) is 30.2 Å². The van der Waals surface area contributed by atoms with E-state index in [0.717, 1.165) is 0 Å². The van der Waals surface area contributed by atoms with Gasteiger partial charge in [-0.05, 0) is 11.6 Å². The van der Waals surface area contributed by atoms with Crippen LogP contribution in [0.3, 0.4) is 0 Å². The molecular weight excluding hydrogens is 262 g/mol. The van der Waals surface area contributed by atoms with Crippen LogP contribution < -0.4 is 11.1 Å². The molecule has 0 aliphatic heterocycles. The first-order valence-electron chi connectivity index (χ1n) is 5.06. The van der Waals surface area contributed by atoms with E-state index in [1.165, 1.54) is 18.2 Å². The summed E-state index contributed by atoms with van der Waals surface area (Å²) in [6, 6.07) is 4.20. The van der Waals surface area contributed by atoms with Crippen LogP contribution in [0.15, 0.2) is 18.2 Å². The third kappa shape index (κ3) is 4.56. The smallest absolute Gasteiger partial charge is 0.404 e. The fourth-order valence-electron chi connectivity index (χ4n) is 1.26. The Morgan fingerprint density at radius 1 is 1.56 bits per heavy atom. The van der Waals surface area contributed by atoms with Crippen LogP contribution in [0.1, 0.15) is 5.56 Å². The Balaban J connectivity index is 2.48. The van der Waals surface area contributed by atoms with Crippen molar-refractivity contribution in [1.29, 1.82) is 0 Å². The molecule has 3 N–H and O–H groups in total. The van der Waals surface area contributed by atoms with Gasteiger partial charge >= 0.3 is 6.09 Å². The molecule has 0 saturated carbocycles. The van der Waals surface area contributed by atoms with Crippen molar-refractivity contribution in [2.45, 2.75) is 6.54 Å². The highest BCUT2D eigenvalue weighted by Crippen LogP contribution is 2.21. The molecule has 0 spiro atoms. The van der Waals surface area contributed by atoms with Crippen molar-refractivity contribution >= 4 is 23.4 Å². The molecule has 0 fully saturated rings. The Bertz CT molecular complexity index is 453. The summed E-state index contributed by atoms with van der Waals surface area (Å²) < 4.78 is 4.51. The fourth-order valence-corrected chi connectivity index (χ4v) is 1.44. The molecule has 0 aromatic heterocycles. The molecule has 1 rings (SSSR count). The number of nitrogens with zero attached hydrogens (tertiary/aromatic N) is 1. The van der Waals surface area contributed by atoms with Crippen molar-refractivity contribution < 1.29 is 14.5 Å². The van der Waals surface area contributed by atoms with E-state index in [2.05, 4.69) is 10.1 Å². The number of amides is 1. The van der Waals surface area contributed by atoms with E-state index >= 15 is 0 Å². The van der Waals surface area contributed by atoms with E-state index in [4.69, 9.17) is 17.3 Å². The first-order valence-corrected chi connectivity index (χ1v) is 5.44. The topological polar surface area (TPSA) is 107 Å². The highest BCUT2D eigenvalue weighted by atomic mass is 35.5.